The van der Waals surface area contributed by atoms with Crippen molar-refractivity contribution < 1.29 is 46.7 Å². The Morgan fingerprint density at radius 2 is 1.52 bits per heavy atom. The molecule has 5 atom stereocenters. The monoisotopic (exact) mass is 822 g/mol. The van der Waals surface area contributed by atoms with E-state index < -0.39 is 93.9 Å². The number of rotatable bonds is 22. The third-order valence-corrected chi connectivity index (χ3v) is 12.4. The number of benzene rings is 2. The summed E-state index contributed by atoms with van der Waals surface area (Å²) >= 11 is 0. The first-order valence-electron chi connectivity index (χ1n) is 20.4. The number of nitrogens with one attached hydrogen (secondary N) is 2. The third kappa shape index (κ3) is 13.1. The van der Waals surface area contributed by atoms with Crippen LogP contribution in [0.1, 0.15) is 109 Å². The van der Waals surface area contributed by atoms with Gasteiger partial charge in [-0.3, -0.25) is 33.6 Å². The number of ether oxygens (including phenoxy) is 1. The lowest BCUT2D eigenvalue weighted by molar-refractivity contribution is -0.152. The van der Waals surface area contributed by atoms with Crippen LogP contribution in [0, 0.1) is 23.7 Å². The van der Waals surface area contributed by atoms with Crippen molar-refractivity contribution in [1.29, 1.82) is 0 Å². The molecule has 4 rings (SSSR count). The highest BCUT2D eigenvalue weighted by molar-refractivity contribution is 7.89. The quantitative estimate of drug-likeness (QED) is 0.113. The lowest BCUT2D eigenvalue weighted by Crippen LogP contribution is -2.47. The molecular formula is C43H58N4O10S. The van der Waals surface area contributed by atoms with E-state index in [-0.39, 0.29) is 55.6 Å². The highest BCUT2D eigenvalue weighted by atomic mass is 32.2. The second kappa shape index (κ2) is 21.8. The van der Waals surface area contributed by atoms with E-state index in [0.29, 0.717) is 24.8 Å². The van der Waals surface area contributed by atoms with Gasteiger partial charge in [0.2, 0.25) is 33.5 Å². The van der Waals surface area contributed by atoms with Crippen molar-refractivity contribution in [2.24, 2.45) is 29.4 Å². The van der Waals surface area contributed by atoms with Crippen molar-refractivity contribution in [3.05, 3.63) is 66.2 Å². The SMILES string of the molecule is CCCC(CC(=O)[C@@H]1C[C@@H](NS(=O)(=O)c2ccccc2)CN1C(=O)[C@@H](CC(=O)OCC(C)C)C1CCCCC1)C(=O)C(=O)CCC(=O)NC(C(N)=O)c1ccccc1. The minimum atomic E-state index is -4.05. The van der Waals surface area contributed by atoms with Crippen molar-refractivity contribution in [1.82, 2.24) is 14.9 Å². The Kier molecular flexibility index (Phi) is 17.3. The van der Waals surface area contributed by atoms with E-state index in [0.717, 1.165) is 19.3 Å². The van der Waals surface area contributed by atoms with E-state index in [1.54, 1.807) is 55.5 Å². The van der Waals surface area contributed by atoms with Gasteiger partial charge < -0.3 is 20.7 Å². The number of sulfonamides is 1. The maximum atomic E-state index is 14.6. The molecule has 0 spiro atoms. The molecule has 2 unspecified atom stereocenters. The van der Waals surface area contributed by atoms with Crippen LogP contribution in [0.25, 0.3) is 0 Å². The largest absolute Gasteiger partial charge is 0.465 e. The molecule has 4 N–H and O–H groups in total. The number of primary amides is 1. The minimum absolute atomic E-state index is 0.0154. The van der Waals surface area contributed by atoms with Crippen LogP contribution in [-0.4, -0.2) is 79.6 Å². The summed E-state index contributed by atoms with van der Waals surface area (Å²) in [6.45, 7) is 5.66. The zero-order valence-electron chi connectivity index (χ0n) is 33.7. The van der Waals surface area contributed by atoms with E-state index in [2.05, 4.69) is 10.0 Å². The van der Waals surface area contributed by atoms with Gasteiger partial charge in [0.25, 0.3) is 0 Å². The number of hydrogen-bond donors (Lipinski definition) is 3. The van der Waals surface area contributed by atoms with Crippen LogP contribution in [-0.2, 0) is 48.3 Å². The van der Waals surface area contributed by atoms with Gasteiger partial charge in [0.15, 0.2) is 11.6 Å². The third-order valence-electron chi connectivity index (χ3n) is 10.9. The van der Waals surface area contributed by atoms with Gasteiger partial charge in [0, 0.05) is 37.8 Å². The molecule has 1 saturated heterocycles. The molecule has 2 fully saturated rings. The summed E-state index contributed by atoms with van der Waals surface area (Å²) in [6.07, 6.45) is 3.31. The van der Waals surface area contributed by atoms with Gasteiger partial charge in [0.1, 0.15) is 6.04 Å². The van der Waals surface area contributed by atoms with Gasteiger partial charge in [0.05, 0.1) is 29.9 Å². The number of carbonyl (C=O) groups excluding carboxylic acids is 7. The molecule has 316 valence electrons. The number of esters is 1. The molecule has 2 aromatic rings. The van der Waals surface area contributed by atoms with Crippen molar-refractivity contribution in [3.63, 3.8) is 0 Å². The summed E-state index contributed by atoms with van der Waals surface area (Å²) in [5.41, 5.74) is 5.95. The standard InChI is InChI=1S/C43H58N4O10S/c1-4-14-31(41(52)36(48)21-22-38(50)45-40(42(44)53)30-17-10-6-11-18-30)23-37(49)35-24-32(46-58(55,56)33-19-12-7-13-20-33)26-47(35)43(54)34(29-15-8-5-9-16-29)25-39(51)57-27-28(2)3/h6-7,10-13,17-20,28-29,31-32,34-35,40,46H,4-5,8-9,14-16,21-27H2,1-3H3,(H2,44,53)(H,45,50)/t31?,32-,34+,35+,40?/m1/s1. The van der Waals surface area contributed by atoms with Gasteiger partial charge in [-0.15, -0.1) is 0 Å². The van der Waals surface area contributed by atoms with Gasteiger partial charge >= 0.3 is 5.97 Å². The van der Waals surface area contributed by atoms with Gasteiger partial charge in [-0.25, -0.2) is 13.1 Å². The van der Waals surface area contributed by atoms with E-state index in [1.165, 1.54) is 17.0 Å². The minimum Gasteiger partial charge on any atom is -0.465 e. The fourth-order valence-corrected chi connectivity index (χ4v) is 9.15. The summed E-state index contributed by atoms with van der Waals surface area (Å²) < 4.78 is 34.9. The van der Waals surface area contributed by atoms with Crippen molar-refractivity contribution >= 4 is 51.1 Å². The first kappa shape index (κ1) is 45.9. The zero-order chi connectivity index (χ0) is 42.4. The molecule has 15 heteroatoms. The molecule has 1 aliphatic heterocycles. The van der Waals surface area contributed by atoms with Crippen LogP contribution >= 0.6 is 0 Å². The van der Waals surface area contributed by atoms with Crippen LogP contribution in [0.4, 0.5) is 0 Å². The number of ketones is 3. The van der Waals surface area contributed by atoms with E-state index in [4.69, 9.17) is 10.5 Å². The summed E-state index contributed by atoms with van der Waals surface area (Å²) in [5, 5.41) is 2.51. The summed E-state index contributed by atoms with van der Waals surface area (Å²) in [7, 11) is -4.05. The molecule has 0 aromatic heterocycles. The predicted molar refractivity (Wildman–Crippen MR) is 215 cm³/mol. The topological polar surface area (TPSA) is 216 Å². The van der Waals surface area contributed by atoms with Gasteiger partial charge in [-0.1, -0.05) is 95.0 Å². The van der Waals surface area contributed by atoms with Crippen LogP contribution < -0.4 is 15.8 Å². The number of hydrogen-bond acceptors (Lipinski definition) is 10. The lowest BCUT2D eigenvalue weighted by Gasteiger charge is -2.34. The lowest BCUT2D eigenvalue weighted by atomic mass is 9.77. The second-order valence-corrected chi connectivity index (χ2v) is 17.6. The first-order valence-corrected chi connectivity index (χ1v) is 21.9. The number of Topliss-reactive ketones (excluding diaryl/α,β-unsaturated/α-hetero) is 3. The van der Waals surface area contributed by atoms with Crippen LogP contribution in [0.3, 0.4) is 0 Å². The number of likely N-dealkylation sites (tertiary alicyclic amines) is 1. The molecule has 3 amide bonds. The second-order valence-electron chi connectivity index (χ2n) is 15.9. The fraction of sp³-hybridized carbons (Fsp3) is 0.558. The zero-order valence-corrected chi connectivity index (χ0v) is 34.5. The maximum Gasteiger partial charge on any atom is 0.306 e. The van der Waals surface area contributed by atoms with Crippen LogP contribution in [0.5, 0.6) is 0 Å². The molecule has 14 nitrogen and oxygen atoms in total. The normalized spacial score (nSPS) is 18.9. The Labute approximate surface area is 341 Å². The average Bonchev–Trinajstić information content (AvgIpc) is 3.63. The maximum absolute atomic E-state index is 14.6. The summed E-state index contributed by atoms with van der Waals surface area (Å²) in [5.74, 6) is -6.53. The van der Waals surface area contributed by atoms with Crippen molar-refractivity contribution in [2.75, 3.05) is 13.2 Å². The molecular weight excluding hydrogens is 765 g/mol. The fourth-order valence-electron chi connectivity index (χ4n) is 7.89. The Hall–Kier alpha value is -4.76. The molecule has 0 bridgehead atoms. The Balaban J connectivity index is 1.53. The highest BCUT2D eigenvalue weighted by Crippen LogP contribution is 2.36. The molecule has 2 aromatic carbocycles. The van der Waals surface area contributed by atoms with Crippen molar-refractivity contribution in [3.8, 4) is 0 Å². The summed E-state index contributed by atoms with van der Waals surface area (Å²) in [4.78, 5) is 95.0. The Morgan fingerprint density at radius 3 is 2.12 bits per heavy atom. The number of amides is 3. The first-order chi connectivity index (χ1) is 27.6. The molecule has 1 heterocycles. The molecule has 1 aliphatic carbocycles. The number of nitrogens with two attached hydrogens (primary N) is 1. The van der Waals surface area contributed by atoms with Crippen LogP contribution in [0.2, 0.25) is 0 Å². The Morgan fingerprint density at radius 1 is 0.879 bits per heavy atom. The molecule has 58 heavy (non-hydrogen) atoms. The number of carbonyl (C=O) groups is 7. The summed E-state index contributed by atoms with van der Waals surface area (Å²) in [6, 6.07) is 12.9. The molecule has 2 aliphatic rings. The smallest absolute Gasteiger partial charge is 0.306 e. The van der Waals surface area contributed by atoms with Crippen molar-refractivity contribution in [2.45, 2.75) is 121 Å². The highest BCUT2D eigenvalue weighted by Gasteiger charge is 2.46. The Bertz CT molecular complexity index is 1870. The van der Waals surface area contributed by atoms with Gasteiger partial charge in [-0.05, 0) is 55.2 Å². The predicted octanol–water partition coefficient (Wildman–Crippen LogP) is 4.36. The average molecular weight is 823 g/mol. The van der Waals surface area contributed by atoms with E-state index in [9.17, 15) is 42.0 Å². The number of nitrogens with zero attached hydrogens (tertiary/aromatic N) is 1. The van der Waals surface area contributed by atoms with Crippen LogP contribution in [0.15, 0.2) is 65.6 Å². The van der Waals surface area contributed by atoms with Gasteiger partial charge in [-0.2, -0.15) is 0 Å². The van der Waals surface area contributed by atoms with E-state index >= 15 is 0 Å². The van der Waals surface area contributed by atoms with E-state index in [1.807, 2.05) is 13.8 Å². The molecule has 1 saturated carbocycles. The molecule has 0 radical (unpaired) electrons.